The molecule has 0 saturated carbocycles. The lowest BCUT2D eigenvalue weighted by molar-refractivity contribution is -0.121. The molecular formula is C8H11N3O5. The van der Waals surface area contributed by atoms with Gasteiger partial charge in [0.1, 0.15) is 6.10 Å². The van der Waals surface area contributed by atoms with E-state index in [2.05, 4.69) is 4.98 Å². The summed E-state index contributed by atoms with van der Waals surface area (Å²) in [5, 5.41) is 18.8. The maximum absolute atomic E-state index is 11.2. The maximum atomic E-state index is 11.2. The minimum absolute atomic E-state index is 0.242. The molecule has 2 unspecified atom stereocenters. The highest BCUT2D eigenvalue weighted by molar-refractivity contribution is 5.74. The van der Waals surface area contributed by atoms with Crippen LogP contribution in [0.5, 0.6) is 0 Å². The summed E-state index contributed by atoms with van der Waals surface area (Å²) in [5.74, 6) is -0.813. The predicted molar refractivity (Wildman–Crippen MR) is 52.5 cm³/mol. The van der Waals surface area contributed by atoms with Crippen LogP contribution in [-0.2, 0) is 4.79 Å². The molecule has 0 aliphatic rings. The number of carbonyl (C=O) groups is 1. The molecule has 16 heavy (non-hydrogen) atoms. The van der Waals surface area contributed by atoms with Crippen LogP contribution in [0, 0.1) is 0 Å². The Balaban J connectivity index is 2.96. The Morgan fingerprint density at radius 1 is 1.44 bits per heavy atom. The van der Waals surface area contributed by atoms with Gasteiger partial charge in [0.15, 0.2) is 0 Å². The van der Waals surface area contributed by atoms with Gasteiger partial charge in [-0.15, -0.1) is 0 Å². The zero-order chi connectivity index (χ0) is 12.3. The summed E-state index contributed by atoms with van der Waals surface area (Å²) < 4.78 is 0. The van der Waals surface area contributed by atoms with Crippen molar-refractivity contribution < 1.29 is 15.0 Å². The Hall–Kier alpha value is -1.93. The van der Waals surface area contributed by atoms with Crippen molar-refractivity contribution in [3.05, 3.63) is 32.6 Å². The van der Waals surface area contributed by atoms with Gasteiger partial charge in [-0.25, -0.2) is 4.79 Å². The first-order valence-electron chi connectivity index (χ1n) is 4.38. The van der Waals surface area contributed by atoms with Crippen LogP contribution in [0.2, 0.25) is 0 Å². The minimum Gasteiger partial charge on any atom is -0.390 e. The van der Waals surface area contributed by atoms with Gasteiger partial charge in [-0.3, -0.25) is 14.6 Å². The van der Waals surface area contributed by atoms with Gasteiger partial charge in [-0.2, -0.15) is 0 Å². The van der Waals surface area contributed by atoms with E-state index in [1.54, 1.807) is 0 Å². The van der Waals surface area contributed by atoms with Crippen molar-refractivity contribution in [3.63, 3.8) is 0 Å². The first kappa shape index (κ1) is 12.1. The predicted octanol–water partition coefficient (Wildman–Crippen LogP) is -2.67. The molecule has 1 amide bonds. The summed E-state index contributed by atoms with van der Waals surface area (Å²) in [6.07, 6.45) is -2.60. The van der Waals surface area contributed by atoms with Gasteiger partial charge >= 0.3 is 5.69 Å². The molecule has 6 N–H and O–H groups in total. The Kier molecular flexibility index (Phi) is 3.59. The van der Waals surface area contributed by atoms with E-state index in [4.69, 9.17) is 5.73 Å². The third kappa shape index (κ3) is 2.78. The van der Waals surface area contributed by atoms with E-state index in [1.165, 1.54) is 0 Å². The van der Waals surface area contributed by atoms with Crippen molar-refractivity contribution in [2.24, 2.45) is 5.73 Å². The summed E-state index contributed by atoms with van der Waals surface area (Å²) in [6.45, 7) is 0. The number of aromatic amines is 2. The van der Waals surface area contributed by atoms with Gasteiger partial charge in [0.25, 0.3) is 5.56 Å². The van der Waals surface area contributed by atoms with E-state index in [9.17, 15) is 24.6 Å². The second kappa shape index (κ2) is 4.73. The van der Waals surface area contributed by atoms with Crippen LogP contribution >= 0.6 is 0 Å². The number of nitrogens with two attached hydrogens (primary N) is 1. The first-order chi connectivity index (χ1) is 7.41. The number of primary amides is 1. The second-order valence-corrected chi connectivity index (χ2v) is 3.21. The molecule has 1 aromatic heterocycles. The molecule has 1 aromatic rings. The smallest absolute Gasteiger partial charge is 0.325 e. The fraction of sp³-hybridized carbons (Fsp3) is 0.375. The van der Waals surface area contributed by atoms with E-state index in [0.717, 1.165) is 6.20 Å². The Labute approximate surface area is 88.7 Å². The molecule has 0 aliphatic carbocycles. The SMILES string of the molecule is NC(=O)CC(O)C(O)c1c[nH]c(=O)[nH]c1=O. The van der Waals surface area contributed by atoms with Crippen LogP contribution in [0.3, 0.4) is 0 Å². The van der Waals surface area contributed by atoms with E-state index in [1.807, 2.05) is 4.98 Å². The third-order valence-electron chi connectivity index (χ3n) is 1.94. The molecule has 0 bridgehead atoms. The van der Waals surface area contributed by atoms with Gasteiger partial charge in [-0.1, -0.05) is 0 Å². The van der Waals surface area contributed by atoms with Crippen molar-refractivity contribution >= 4 is 5.91 Å². The summed E-state index contributed by atoms with van der Waals surface area (Å²) in [4.78, 5) is 36.4. The van der Waals surface area contributed by atoms with Crippen molar-refractivity contribution in [2.45, 2.75) is 18.6 Å². The van der Waals surface area contributed by atoms with Gasteiger partial charge in [-0.05, 0) is 0 Å². The molecule has 2 atom stereocenters. The third-order valence-corrected chi connectivity index (χ3v) is 1.94. The number of aliphatic hydroxyl groups is 2. The molecule has 0 aromatic carbocycles. The van der Waals surface area contributed by atoms with Crippen molar-refractivity contribution in [2.75, 3.05) is 0 Å². The number of aromatic nitrogens is 2. The van der Waals surface area contributed by atoms with Gasteiger partial charge in [0, 0.05) is 6.20 Å². The molecule has 1 rings (SSSR count). The zero-order valence-electron chi connectivity index (χ0n) is 8.14. The first-order valence-corrected chi connectivity index (χ1v) is 4.38. The lowest BCUT2D eigenvalue weighted by Gasteiger charge is -2.15. The normalized spacial score (nSPS) is 14.4. The Bertz CT molecular complexity index is 491. The molecule has 0 fully saturated rings. The van der Waals surface area contributed by atoms with E-state index in [-0.39, 0.29) is 5.56 Å². The molecule has 1 heterocycles. The highest BCUT2D eigenvalue weighted by Crippen LogP contribution is 2.13. The quantitative estimate of drug-likeness (QED) is 0.381. The average Bonchev–Trinajstić information content (AvgIpc) is 2.15. The summed E-state index contributed by atoms with van der Waals surface area (Å²) in [5.41, 5.74) is 3.01. The van der Waals surface area contributed by atoms with Crippen LogP contribution in [0.25, 0.3) is 0 Å². The Morgan fingerprint density at radius 3 is 2.56 bits per heavy atom. The highest BCUT2D eigenvalue weighted by Gasteiger charge is 2.22. The minimum atomic E-state index is -1.59. The fourth-order valence-corrected chi connectivity index (χ4v) is 1.16. The van der Waals surface area contributed by atoms with Crippen LogP contribution in [0.15, 0.2) is 15.8 Å². The number of rotatable bonds is 4. The molecule has 0 radical (unpaired) electrons. The molecule has 0 spiro atoms. The molecule has 0 aliphatic heterocycles. The Morgan fingerprint density at radius 2 is 2.06 bits per heavy atom. The van der Waals surface area contributed by atoms with Crippen LogP contribution in [0.1, 0.15) is 18.1 Å². The van der Waals surface area contributed by atoms with Crippen molar-refractivity contribution in [3.8, 4) is 0 Å². The van der Waals surface area contributed by atoms with Crippen LogP contribution < -0.4 is 17.0 Å². The number of H-pyrrole nitrogens is 2. The summed E-state index contributed by atoms with van der Waals surface area (Å²) in [6, 6.07) is 0. The van der Waals surface area contributed by atoms with Crippen LogP contribution in [-0.4, -0.2) is 32.2 Å². The second-order valence-electron chi connectivity index (χ2n) is 3.21. The van der Waals surface area contributed by atoms with E-state index >= 15 is 0 Å². The lowest BCUT2D eigenvalue weighted by Crippen LogP contribution is -2.32. The summed E-state index contributed by atoms with van der Waals surface area (Å²) in [7, 11) is 0. The van der Waals surface area contributed by atoms with Gasteiger partial charge < -0.3 is 20.9 Å². The number of amides is 1. The van der Waals surface area contributed by atoms with Crippen LogP contribution in [0.4, 0.5) is 0 Å². The average molecular weight is 229 g/mol. The van der Waals surface area contributed by atoms with Crippen molar-refractivity contribution in [1.82, 2.24) is 9.97 Å². The number of hydrogen-bond donors (Lipinski definition) is 5. The maximum Gasteiger partial charge on any atom is 0.325 e. The summed E-state index contributed by atoms with van der Waals surface area (Å²) >= 11 is 0. The topological polar surface area (TPSA) is 149 Å². The number of nitrogens with one attached hydrogen (secondary N) is 2. The zero-order valence-corrected chi connectivity index (χ0v) is 8.14. The highest BCUT2D eigenvalue weighted by atomic mass is 16.3. The number of aliphatic hydroxyl groups excluding tert-OH is 2. The van der Waals surface area contributed by atoms with Gasteiger partial charge in [0.2, 0.25) is 5.91 Å². The molecule has 0 saturated heterocycles. The molecular weight excluding hydrogens is 218 g/mol. The van der Waals surface area contributed by atoms with Crippen molar-refractivity contribution in [1.29, 1.82) is 0 Å². The molecule has 8 heteroatoms. The number of hydrogen-bond acceptors (Lipinski definition) is 5. The monoisotopic (exact) mass is 229 g/mol. The number of carbonyl (C=O) groups excluding carboxylic acids is 1. The standard InChI is InChI=1S/C8H11N3O5/c9-5(13)1-4(12)6(14)3-2-10-8(16)11-7(3)15/h2,4,6,12,14H,1H2,(H2,9,13)(H2,10,11,15,16). The molecule has 88 valence electrons. The molecule has 8 nitrogen and oxygen atoms in total. The van der Waals surface area contributed by atoms with E-state index < -0.39 is 35.8 Å². The lowest BCUT2D eigenvalue weighted by atomic mass is 10.0. The van der Waals surface area contributed by atoms with Gasteiger partial charge in [0.05, 0.1) is 18.1 Å². The fourth-order valence-electron chi connectivity index (χ4n) is 1.16. The van der Waals surface area contributed by atoms with E-state index in [0.29, 0.717) is 0 Å². The largest absolute Gasteiger partial charge is 0.390 e.